The number of nitrogens with zero attached hydrogens (tertiary/aromatic N) is 4. The van der Waals surface area contributed by atoms with Gasteiger partial charge in [-0.25, -0.2) is 9.79 Å². The zero-order valence-corrected chi connectivity index (χ0v) is 24.8. The lowest BCUT2D eigenvalue weighted by atomic mass is 9.90. The number of aliphatic imine (C=N–C) groups is 1. The largest absolute Gasteiger partial charge is 0.463 e. The van der Waals surface area contributed by atoms with Gasteiger partial charge in [0.05, 0.1) is 30.3 Å². The Bertz CT molecular complexity index is 1410. The Hall–Kier alpha value is -3.85. The highest BCUT2D eigenvalue weighted by molar-refractivity contribution is 8.16. The molecule has 41 heavy (non-hydrogen) atoms. The molecule has 0 saturated carbocycles. The van der Waals surface area contributed by atoms with Gasteiger partial charge in [0.15, 0.2) is 5.17 Å². The molecule has 8 nitrogen and oxygen atoms in total. The molecule has 3 aliphatic rings. The number of thioether (sulfide) groups is 1. The number of amidine groups is 1. The smallest absolute Gasteiger partial charge is 0.338 e. The number of amides is 2. The van der Waals surface area contributed by atoms with Crippen LogP contribution in [0, 0.1) is 0 Å². The molecule has 3 aliphatic heterocycles. The van der Waals surface area contributed by atoms with Gasteiger partial charge in [-0.2, -0.15) is 0 Å². The molecule has 2 aromatic carbocycles. The van der Waals surface area contributed by atoms with E-state index in [1.165, 1.54) is 17.3 Å². The molecule has 1 unspecified atom stereocenters. The maximum absolute atomic E-state index is 13.7. The minimum atomic E-state index is -0.512. The molecular weight excluding hydrogens is 536 g/mol. The zero-order chi connectivity index (χ0) is 29.1. The summed E-state index contributed by atoms with van der Waals surface area (Å²) in [5.41, 5.74) is 4.79. The van der Waals surface area contributed by atoms with E-state index >= 15 is 0 Å². The van der Waals surface area contributed by atoms with Crippen LogP contribution in [0.2, 0.25) is 0 Å². The molecule has 0 aliphatic carbocycles. The van der Waals surface area contributed by atoms with Crippen molar-refractivity contribution in [1.29, 1.82) is 0 Å². The Morgan fingerprint density at radius 1 is 0.976 bits per heavy atom. The molecule has 3 heterocycles. The molecule has 1 saturated heterocycles. The van der Waals surface area contributed by atoms with E-state index in [2.05, 4.69) is 38.1 Å². The van der Waals surface area contributed by atoms with Gasteiger partial charge in [-0.1, -0.05) is 80.2 Å². The number of benzene rings is 2. The maximum Gasteiger partial charge on any atom is 0.338 e. The molecule has 0 radical (unpaired) electrons. The zero-order valence-electron chi connectivity index (χ0n) is 24.0. The average molecular weight is 573 g/mol. The topological polar surface area (TPSA) is 82.5 Å². The number of carbonyl (C=O) groups is 3. The molecule has 2 aromatic rings. The third-order valence-corrected chi connectivity index (χ3v) is 8.57. The third kappa shape index (κ3) is 5.95. The molecule has 2 amide bonds. The molecular formula is C32H36N4O4S. The Balaban J connectivity index is 1.53. The molecule has 1 atom stereocenters. The van der Waals surface area contributed by atoms with Gasteiger partial charge in [0.1, 0.15) is 0 Å². The van der Waals surface area contributed by atoms with Gasteiger partial charge in [0.25, 0.3) is 0 Å². The van der Waals surface area contributed by atoms with Crippen molar-refractivity contribution in [2.24, 2.45) is 4.99 Å². The first kappa shape index (κ1) is 28.7. The molecule has 0 N–H and O–H groups in total. The SMILES string of the molecule is CCOC(=O)C1=C(c2ccccc2)N=C2SC=C(CC(=O)N3CCN(C(C)=O)CC3)N2C1c1ccc(C(C)C)cc1. The van der Waals surface area contributed by atoms with E-state index in [9.17, 15) is 14.4 Å². The van der Waals surface area contributed by atoms with Crippen molar-refractivity contribution in [2.75, 3.05) is 32.8 Å². The molecule has 0 spiro atoms. The lowest BCUT2D eigenvalue weighted by molar-refractivity contribution is -0.139. The van der Waals surface area contributed by atoms with Gasteiger partial charge in [0.2, 0.25) is 11.8 Å². The van der Waals surface area contributed by atoms with Crippen molar-refractivity contribution >= 4 is 40.4 Å². The van der Waals surface area contributed by atoms with Crippen molar-refractivity contribution in [2.45, 2.75) is 46.1 Å². The van der Waals surface area contributed by atoms with Crippen molar-refractivity contribution < 1.29 is 19.1 Å². The van der Waals surface area contributed by atoms with E-state index in [1.807, 2.05) is 45.5 Å². The fraction of sp³-hybridized carbons (Fsp3) is 0.375. The summed E-state index contributed by atoms with van der Waals surface area (Å²) in [5.74, 6) is -0.0351. The van der Waals surface area contributed by atoms with Crippen LogP contribution in [0.4, 0.5) is 0 Å². The average Bonchev–Trinajstić information content (AvgIpc) is 3.38. The van der Waals surface area contributed by atoms with Gasteiger partial charge in [-0.05, 0) is 29.4 Å². The van der Waals surface area contributed by atoms with Crippen LogP contribution in [-0.4, -0.2) is 70.4 Å². The number of hydrogen-bond acceptors (Lipinski definition) is 7. The van der Waals surface area contributed by atoms with Gasteiger partial charge in [0, 0.05) is 44.4 Å². The van der Waals surface area contributed by atoms with Crippen LogP contribution in [0.1, 0.15) is 62.8 Å². The Kier molecular flexibility index (Phi) is 8.63. The van der Waals surface area contributed by atoms with Crippen LogP contribution in [0.15, 0.2) is 76.3 Å². The van der Waals surface area contributed by atoms with Crippen molar-refractivity contribution in [3.8, 4) is 0 Å². The van der Waals surface area contributed by atoms with Gasteiger partial charge in [-0.3, -0.25) is 9.59 Å². The molecule has 0 bridgehead atoms. The van der Waals surface area contributed by atoms with E-state index in [1.54, 1.807) is 18.7 Å². The number of rotatable bonds is 7. The number of ether oxygens (including phenoxy) is 1. The highest BCUT2D eigenvalue weighted by atomic mass is 32.2. The lowest BCUT2D eigenvalue weighted by Crippen LogP contribution is -2.50. The number of piperazine rings is 1. The Morgan fingerprint density at radius 3 is 2.24 bits per heavy atom. The molecule has 0 aromatic heterocycles. The summed E-state index contributed by atoms with van der Waals surface area (Å²) >= 11 is 1.46. The number of carbonyl (C=O) groups excluding carboxylic acids is 3. The Labute approximate surface area is 245 Å². The summed E-state index contributed by atoms with van der Waals surface area (Å²) in [6.07, 6.45) is 0.170. The summed E-state index contributed by atoms with van der Waals surface area (Å²) in [4.78, 5) is 49.5. The van der Waals surface area contributed by atoms with Gasteiger partial charge < -0.3 is 19.4 Å². The predicted molar refractivity (Wildman–Crippen MR) is 162 cm³/mol. The quantitative estimate of drug-likeness (QED) is 0.426. The van der Waals surface area contributed by atoms with E-state index < -0.39 is 12.0 Å². The maximum atomic E-state index is 13.7. The summed E-state index contributed by atoms with van der Waals surface area (Å²) in [5, 5.41) is 2.69. The van der Waals surface area contributed by atoms with Crippen LogP contribution in [-0.2, 0) is 19.1 Å². The van der Waals surface area contributed by atoms with Gasteiger partial charge >= 0.3 is 5.97 Å². The lowest BCUT2D eigenvalue weighted by Gasteiger charge is -2.38. The summed E-state index contributed by atoms with van der Waals surface area (Å²) < 4.78 is 5.61. The van der Waals surface area contributed by atoms with Crippen molar-refractivity contribution in [3.05, 3.63) is 88.0 Å². The highest BCUT2D eigenvalue weighted by Gasteiger charge is 2.42. The summed E-state index contributed by atoms with van der Waals surface area (Å²) in [6, 6.07) is 17.5. The molecule has 1 fully saturated rings. The third-order valence-electron chi connectivity index (χ3n) is 7.68. The summed E-state index contributed by atoms with van der Waals surface area (Å²) in [7, 11) is 0. The fourth-order valence-electron chi connectivity index (χ4n) is 5.40. The van der Waals surface area contributed by atoms with E-state index in [4.69, 9.17) is 9.73 Å². The minimum absolute atomic E-state index is 0.00858. The van der Waals surface area contributed by atoms with Crippen LogP contribution in [0.5, 0.6) is 0 Å². The normalized spacial score (nSPS) is 18.8. The van der Waals surface area contributed by atoms with Crippen molar-refractivity contribution in [3.63, 3.8) is 0 Å². The standard InChI is InChI=1S/C32H36N4O4S/c1-5-40-31(39)28-29(24-9-7-6-8-10-24)33-32-36(30(28)25-13-11-23(12-14-25)21(2)3)26(20-41-32)19-27(38)35-17-15-34(16-18-35)22(4)37/h6-14,20-21,30H,5,15-19H2,1-4H3. The van der Waals surface area contributed by atoms with Crippen LogP contribution in [0.3, 0.4) is 0 Å². The van der Waals surface area contributed by atoms with Crippen LogP contribution < -0.4 is 0 Å². The van der Waals surface area contributed by atoms with Crippen LogP contribution in [0.25, 0.3) is 5.70 Å². The van der Waals surface area contributed by atoms with E-state index in [0.717, 1.165) is 22.0 Å². The predicted octanol–water partition coefficient (Wildman–Crippen LogP) is 5.17. The fourth-order valence-corrected chi connectivity index (χ4v) is 6.32. The minimum Gasteiger partial charge on any atom is -0.463 e. The highest BCUT2D eigenvalue weighted by Crippen LogP contribution is 2.47. The first-order valence-corrected chi connectivity index (χ1v) is 15.0. The van der Waals surface area contributed by atoms with Gasteiger partial charge in [-0.15, -0.1) is 0 Å². The molecule has 5 rings (SSSR count). The van der Waals surface area contributed by atoms with Crippen molar-refractivity contribution in [1.82, 2.24) is 14.7 Å². The number of esters is 1. The summed E-state index contributed by atoms with van der Waals surface area (Å²) in [6.45, 7) is 9.97. The molecule has 214 valence electrons. The molecule has 9 heteroatoms. The second kappa shape index (κ2) is 12.3. The second-order valence-corrected chi connectivity index (χ2v) is 11.5. The van der Waals surface area contributed by atoms with E-state index in [0.29, 0.717) is 43.4 Å². The van der Waals surface area contributed by atoms with Crippen LogP contribution >= 0.6 is 11.8 Å². The first-order chi connectivity index (χ1) is 19.8. The number of fused-ring (bicyclic) bond motifs is 1. The second-order valence-electron chi connectivity index (χ2n) is 10.6. The monoisotopic (exact) mass is 572 g/mol. The first-order valence-electron chi connectivity index (χ1n) is 14.1. The number of hydrogen-bond donors (Lipinski definition) is 0. The Morgan fingerprint density at radius 2 is 1.63 bits per heavy atom. The van der Waals surface area contributed by atoms with E-state index in [-0.39, 0.29) is 24.8 Å².